The van der Waals surface area contributed by atoms with Gasteiger partial charge in [-0.1, -0.05) is 18.2 Å². The summed E-state index contributed by atoms with van der Waals surface area (Å²) < 4.78 is 37.5. The first kappa shape index (κ1) is 35.5. The molecule has 1 unspecified atom stereocenters. The Morgan fingerprint density at radius 2 is 1.91 bits per heavy atom. The topological polar surface area (TPSA) is 156 Å². The summed E-state index contributed by atoms with van der Waals surface area (Å²) in [5.74, 6) is 0.989. The van der Waals surface area contributed by atoms with E-state index in [4.69, 9.17) is 28.1 Å². The zero-order valence-electron chi connectivity index (χ0n) is 32.0. The van der Waals surface area contributed by atoms with Gasteiger partial charge in [0.15, 0.2) is 28.5 Å². The number of para-hydroxylation sites is 1. The van der Waals surface area contributed by atoms with Crippen LogP contribution in [0.1, 0.15) is 75.9 Å². The van der Waals surface area contributed by atoms with E-state index >= 15 is 0 Å². The van der Waals surface area contributed by atoms with Gasteiger partial charge in [-0.15, -0.1) is 11.8 Å². The molecule has 8 heterocycles. The van der Waals surface area contributed by atoms with Crippen molar-refractivity contribution in [1.82, 2.24) is 15.1 Å². The minimum Gasteiger partial charge on any atom is -0.504 e. The summed E-state index contributed by atoms with van der Waals surface area (Å²) in [5, 5.41) is 27.7. The minimum absolute atomic E-state index is 0.0187. The zero-order valence-corrected chi connectivity index (χ0v) is 32.8. The lowest BCUT2D eigenvalue weighted by Gasteiger charge is -2.58. The Morgan fingerprint density at radius 1 is 1.12 bits per heavy atom. The van der Waals surface area contributed by atoms with E-state index in [1.807, 2.05) is 45.2 Å². The number of aromatic hydroxyl groups is 1. The third kappa shape index (κ3) is 4.42. The number of ether oxygens (including phenoxy) is 5. The molecule has 1 spiro atoms. The number of likely N-dealkylation sites (tertiary alicyclic amines) is 1. The molecule has 14 heteroatoms. The lowest BCUT2D eigenvalue weighted by molar-refractivity contribution is -0.156. The molecule has 7 aliphatic heterocycles. The number of nitriles is 1. The Kier molecular flexibility index (Phi) is 7.78. The van der Waals surface area contributed by atoms with Gasteiger partial charge in [-0.3, -0.25) is 19.9 Å². The number of nitrogens with zero attached hydrogens (tertiary/aromatic N) is 3. The molecule has 1 aromatic heterocycles. The second-order valence-corrected chi connectivity index (χ2v) is 17.0. The summed E-state index contributed by atoms with van der Waals surface area (Å²) in [6, 6.07) is 10.3. The second-order valence-electron chi connectivity index (χ2n) is 15.9. The average molecular weight is 779 g/mol. The van der Waals surface area contributed by atoms with Gasteiger partial charge in [0, 0.05) is 70.4 Å². The number of fused-ring (bicyclic) bond motifs is 10. The number of furan rings is 1. The van der Waals surface area contributed by atoms with E-state index in [1.54, 1.807) is 0 Å². The van der Waals surface area contributed by atoms with Gasteiger partial charge in [-0.25, -0.2) is 4.79 Å². The number of hydrogen-bond acceptors (Lipinski definition) is 14. The molecule has 7 aliphatic rings. The van der Waals surface area contributed by atoms with Crippen LogP contribution in [0.2, 0.25) is 0 Å². The number of aryl methyl sites for hydroxylation is 1. The number of phenolic OH excluding ortho intramolecular Hbond substituents is 1. The van der Waals surface area contributed by atoms with Gasteiger partial charge in [0.2, 0.25) is 6.79 Å². The number of carbonyl (C=O) groups excluding carboxylic acids is 2. The predicted molar refractivity (Wildman–Crippen MR) is 204 cm³/mol. The zero-order chi connectivity index (χ0) is 39.0. The first-order chi connectivity index (χ1) is 27.0. The van der Waals surface area contributed by atoms with Crippen molar-refractivity contribution < 1.29 is 42.8 Å². The summed E-state index contributed by atoms with van der Waals surface area (Å²) >= 11 is 1.47. The number of phenols is 1. The highest BCUT2D eigenvalue weighted by Crippen LogP contribution is 2.68. The average Bonchev–Trinajstić information content (AvgIpc) is 3.82. The van der Waals surface area contributed by atoms with E-state index in [2.05, 4.69) is 34.2 Å². The number of esters is 2. The van der Waals surface area contributed by atoms with Crippen molar-refractivity contribution in [2.75, 3.05) is 46.4 Å². The first-order valence-corrected chi connectivity index (χ1v) is 20.0. The lowest BCUT2D eigenvalue weighted by Crippen LogP contribution is -2.66. The third-order valence-electron chi connectivity index (χ3n) is 13.3. The summed E-state index contributed by atoms with van der Waals surface area (Å²) in [7, 11) is 3.57. The maximum Gasteiger partial charge on any atom is 0.335 e. The third-order valence-corrected chi connectivity index (χ3v) is 14.8. The second kappa shape index (κ2) is 12.3. The van der Waals surface area contributed by atoms with Crippen molar-refractivity contribution in [1.29, 1.82) is 5.26 Å². The molecule has 2 saturated heterocycles. The van der Waals surface area contributed by atoms with Crippen molar-refractivity contribution >= 4 is 34.7 Å². The molecule has 13 nitrogen and oxygen atoms in total. The molecular weight excluding hydrogens is 737 g/mol. The highest BCUT2D eigenvalue weighted by molar-refractivity contribution is 7.99. The Balaban J connectivity index is 1.29. The van der Waals surface area contributed by atoms with Crippen molar-refractivity contribution in [3.05, 3.63) is 75.0 Å². The predicted octanol–water partition coefficient (Wildman–Crippen LogP) is 5.57. The first-order valence-electron chi connectivity index (χ1n) is 18.9. The summed E-state index contributed by atoms with van der Waals surface area (Å²) in [6.45, 7) is 8.12. The van der Waals surface area contributed by atoms with Crippen LogP contribution in [0.15, 0.2) is 34.7 Å². The number of carbonyl (C=O) groups is 2. The van der Waals surface area contributed by atoms with E-state index in [-0.39, 0.29) is 30.8 Å². The molecule has 0 radical (unpaired) electrons. The Bertz CT molecular complexity index is 2440. The molecule has 7 atom stereocenters. The molecular formula is C42H42N4O9S. The van der Waals surface area contributed by atoms with Crippen molar-refractivity contribution in [2.45, 2.75) is 68.6 Å². The standard InChI is InChI=1S/C42H42N4O9S/c1-19-13-24-29(33(48)34(19)50-6)32-38-31-30(37-36(52-18-53-37)20(2)35(31)54-21(3)47)27(46(32)26(14-43)25-15-45(5)41(24,25)4)16-51-40(49)42(17-56-38)39-23(11-12-44-42)22-9-7-8-10-28(22)55-39/h7-10,13,25-27,32,38,44,48H,11-12,15-18H2,1-6H3/t25?,26-,27-,32+,38+,41-,42+/m0/s1. The number of nitrogens with one attached hydrogen (secondary N) is 1. The fourth-order valence-electron chi connectivity index (χ4n) is 10.7. The molecule has 290 valence electrons. The maximum absolute atomic E-state index is 14.9. The molecule has 2 bridgehead atoms. The summed E-state index contributed by atoms with van der Waals surface area (Å²) in [6.07, 6.45) is 0.661. The molecule has 56 heavy (non-hydrogen) atoms. The van der Waals surface area contributed by atoms with Crippen LogP contribution in [0.5, 0.6) is 28.7 Å². The van der Waals surface area contributed by atoms with E-state index in [1.165, 1.54) is 25.8 Å². The van der Waals surface area contributed by atoms with Crippen molar-refractivity contribution in [2.24, 2.45) is 5.92 Å². The molecule has 0 amide bonds. The van der Waals surface area contributed by atoms with E-state index in [0.29, 0.717) is 76.1 Å². The molecule has 2 fully saturated rings. The van der Waals surface area contributed by atoms with E-state index < -0.39 is 46.4 Å². The molecule has 0 aliphatic carbocycles. The van der Waals surface area contributed by atoms with Gasteiger partial charge in [0.25, 0.3) is 0 Å². The number of methoxy groups -OCH3 is 1. The maximum atomic E-state index is 14.9. The Morgan fingerprint density at radius 3 is 2.66 bits per heavy atom. The number of thioether (sulfide) groups is 1. The van der Waals surface area contributed by atoms with Crippen LogP contribution in [-0.4, -0.2) is 79.3 Å². The monoisotopic (exact) mass is 778 g/mol. The normalized spacial score (nSPS) is 30.2. The Labute approximate surface area is 327 Å². The van der Waals surface area contributed by atoms with Crippen molar-refractivity contribution in [3.8, 4) is 34.8 Å². The fourth-order valence-corrected chi connectivity index (χ4v) is 12.3. The summed E-state index contributed by atoms with van der Waals surface area (Å²) in [5.41, 5.74) is 3.76. The van der Waals surface area contributed by atoms with Gasteiger partial charge in [0.05, 0.1) is 30.5 Å². The largest absolute Gasteiger partial charge is 0.504 e. The van der Waals surface area contributed by atoms with Crippen molar-refractivity contribution in [3.63, 3.8) is 0 Å². The number of benzene rings is 3. The van der Waals surface area contributed by atoms with Crippen LogP contribution in [-0.2, 0) is 31.8 Å². The van der Waals surface area contributed by atoms with E-state index in [9.17, 15) is 20.0 Å². The fraction of sp³-hybridized carbons (Fsp3) is 0.452. The quantitative estimate of drug-likeness (QED) is 0.192. The van der Waals surface area contributed by atoms with Crippen LogP contribution in [0, 0.1) is 31.1 Å². The molecule has 0 saturated carbocycles. The molecule has 3 aromatic carbocycles. The highest BCUT2D eigenvalue weighted by atomic mass is 32.2. The number of rotatable bonds is 2. The van der Waals surface area contributed by atoms with Gasteiger partial charge in [0.1, 0.15) is 29.7 Å². The van der Waals surface area contributed by atoms with E-state index in [0.717, 1.165) is 22.1 Å². The minimum atomic E-state index is -1.38. The van der Waals surface area contributed by atoms with Crippen LogP contribution >= 0.6 is 11.8 Å². The van der Waals surface area contributed by atoms with Crippen LogP contribution in [0.25, 0.3) is 11.0 Å². The van der Waals surface area contributed by atoms with Crippen LogP contribution in [0.4, 0.5) is 0 Å². The Hall–Kier alpha value is -4.94. The molecule has 4 aromatic rings. The van der Waals surface area contributed by atoms with Gasteiger partial charge in [-0.2, -0.15) is 5.26 Å². The van der Waals surface area contributed by atoms with Crippen LogP contribution < -0.4 is 24.3 Å². The highest BCUT2D eigenvalue weighted by Gasteiger charge is 2.64. The van der Waals surface area contributed by atoms with Crippen LogP contribution in [0.3, 0.4) is 0 Å². The van der Waals surface area contributed by atoms with Gasteiger partial charge >= 0.3 is 11.9 Å². The summed E-state index contributed by atoms with van der Waals surface area (Å²) in [4.78, 5) is 32.2. The number of hydrogen-bond donors (Lipinski definition) is 2. The van der Waals surface area contributed by atoms with Gasteiger partial charge in [-0.05, 0) is 57.5 Å². The smallest absolute Gasteiger partial charge is 0.335 e. The van der Waals surface area contributed by atoms with Gasteiger partial charge < -0.3 is 33.2 Å². The molecule has 2 N–H and O–H groups in total. The lowest BCUT2D eigenvalue weighted by atomic mass is 9.67. The molecule has 11 rings (SSSR count). The SMILES string of the molecule is COc1c(C)cc2c(c1O)[C@@H]1[C@@H]3SC[C@]4(NCCc5c4oc4ccccc54)C(=O)OC[C@@H](c4c5c(c(C)c(OC(C)=O)c43)OCO5)N1[C@@H](C#N)C1CN(C)[C@@]21C.